The third-order valence-corrected chi connectivity index (χ3v) is 5.19. The molecule has 0 aromatic carbocycles. The number of methoxy groups -OCH3 is 1. The Labute approximate surface area is 122 Å². The number of ether oxygens (including phenoxy) is 1. The maximum absolute atomic E-state index is 5.50. The van der Waals surface area contributed by atoms with Gasteiger partial charge in [-0.25, -0.2) is 0 Å². The highest BCUT2D eigenvalue weighted by Crippen LogP contribution is 2.41. The standard InChI is InChI=1S/C17H26N2O/c1-12-17(20-2)16(9-10-18-12)19-15-8-7-13-5-3-4-6-14(13)11-15/h9-10,13-15H,3-8,11H2,1-2H3,(H,18,19)/t13-,14?,15-/m1/s1. The van der Waals surface area contributed by atoms with Crippen molar-refractivity contribution < 1.29 is 4.74 Å². The molecule has 1 N–H and O–H groups in total. The van der Waals surface area contributed by atoms with Crippen LogP contribution in [0.4, 0.5) is 5.69 Å². The second-order valence-corrected chi connectivity index (χ2v) is 6.44. The summed E-state index contributed by atoms with van der Waals surface area (Å²) in [6.45, 7) is 2.00. The van der Waals surface area contributed by atoms with Gasteiger partial charge in [-0.3, -0.25) is 4.98 Å². The minimum atomic E-state index is 0.602. The van der Waals surface area contributed by atoms with E-state index in [-0.39, 0.29) is 0 Å². The molecule has 20 heavy (non-hydrogen) atoms. The van der Waals surface area contributed by atoms with Gasteiger partial charge in [0.15, 0.2) is 5.75 Å². The Morgan fingerprint density at radius 2 is 1.95 bits per heavy atom. The first-order valence-corrected chi connectivity index (χ1v) is 8.04. The van der Waals surface area contributed by atoms with Crippen molar-refractivity contribution in [2.45, 2.75) is 57.9 Å². The molecule has 3 nitrogen and oxygen atoms in total. The number of hydrogen-bond acceptors (Lipinski definition) is 3. The molecule has 0 bridgehead atoms. The number of hydrogen-bond donors (Lipinski definition) is 1. The number of anilines is 1. The van der Waals surface area contributed by atoms with E-state index in [2.05, 4.69) is 10.3 Å². The van der Waals surface area contributed by atoms with Crippen LogP contribution in [0.2, 0.25) is 0 Å². The molecule has 0 amide bonds. The lowest BCUT2D eigenvalue weighted by molar-refractivity contribution is 0.162. The molecule has 110 valence electrons. The Bertz CT molecular complexity index is 460. The molecule has 0 spiro atoms. The molecule has 3 heteroatoms. The molecule has 2 saturated carbocycles. The van der Waals surface area contributed by atoms with Crippen LogP contribution in [-0.4, -0.2) is 18.1 Å². The zero-order chi connectivity index (χ0) is 13.9. The van der Waals surface area contributed by atoms with Gasteiger partial charge in [0.05, 0.1) is 18.5 Å². The van der Waals surface area contributed by atoms with E-state index in [1.54, 1.807) is 7.11 Å². The van der Waals surface area contributed by atoms with Gasteiger partial charge in [-0.15, -0.1) is 0 Å². The molecule has 2 aliphatic rings. The number of pyridine rings is 1. The van der Waals surface area contributed by atoms with E-state index in [1.807, 2.05) is 19.2 Å². The predicted molar refractivity (Wildman–Crippen MR) is 82.2 cm³/mol. The van der Waals surface area contributed by atoms with Gasteiger partial charge in [0.25, 0.3) is 0 Å². The summed E-state index contributed by atoms with van der Waals surface area (Å²) >= 11 is 0. The number of aryl methyl sites for hydroxylation is 1. The van der Waals surface area contributed by atoms with Crippen molar-refractivity contribution >= 4 is 5.69 Å². The normalized spacial score (nSPS) is 29.6. The minimum Gasteiger partial charge on any atom is -0.493 e. The molecule has 1 unspecified atom stereocenters. The number of aromatic nitrogens is 1. The molecule has 0 aliphatic heterocycles. The zero-order valence-corrected chi connectivity index (χ0v) is 12.7. The lowest BCUT2D eigenvalue weighted by Gasteiger charge is -2.40. The fourth-order valence-electron chi connectivity index (χ4n) is 4.15. The summed E-state index contributed by atoms with van der Waals surface area (Å²) in [4.78, 5) is 4.30. The summed E-state index contributed by atoms with van der Waals surface area (Å²) in [6.07, 6.45) is 11.7. The summed E-state index contributed by atoms with van der Waals surface area (Å²) in [5.41, 5.74) is 2.07. The average Bonchev–Trinajstić information content (AvgIpc) is 2.47. The maximum atomic E-state index is 5.50. The second-order valence-electron chi connectivity index (χ2n) is 6.44. The summed E-state index contributed by atoms with van der Waals surface area (Å²) in [5, 5.41) is 3.71. The van der Waals surface area contributed by atoms with E-state index in [0.717, 1.165) is 29.0 Å². The first-order valence-electron chi connectivity index (χ1n) is 8.04. The van der Waals surface area contributed by atoms with Crippen LogP contribution in [-0.2, 0) is 0 Å². The highest BCUT2D eigenvalue weighted by atomic mass is 16.5. The molecular formula is C17H26N2O. The summed E-state index contributed by atoms with van der Waals surface area (Å²) in [5.74, 6) is 2.85. The first-order chi connectivity index (χ1) is 9.78. The fourth-order valence-corrected chi connectivity index (χ4v) is 4.15. The van der Waals surface area contributed by atoms with Crippen molar-refractivity contribution in [3.63, 3.8) is 0 Å². The lowest BCUT2D eigenvalue weighted by Crippen LogP contribution is -2.34. The van der Waals surface area contributed by atoms with Crippen LogP contribution in [0, 0.1) is 18.8 Å². The van der Waals surface area contributed by atoms with E-state index < -0.39 is 0 Å². The van der Waals surface area contributed by atoms with Crippen molar-refractivity contribution in [3.8, 4) is 5.75 Å². The molecule has 1 aromatic heterocycles. The van der Waals surface area contributed by atoms with Crippen molar-refractivity contribution in [1.82, 2.24) is 4.98 Å². The average molecular weight is 274 g/mol. The van der Waals surface area contributed by atoms with Crippen molar-refractivity contribution in [2.24, 2.45) is 11.8 Å². The van der Waals surface area contributed by atoms with E-state index in [0.29, 0.717) is 6.04 Å². The highest BCUT2D eigenvalue weighted by Gasteiger charge is 2.32. The Morgan fingerprint density at radius 1 is 1.15 bits per heavy atom. The monoisotopic (exact) mass is 274 g/mol. The fraction of sp³-hybridized carbons (Fsp3) is 0.706. The van der Waals surface area contributed by atoms with Gasteiger partial charge < -0.3 is 10.1 Å². The van der Waals surface area contributed by atoms with Crippen LogP contribution in [0.3, 0.4) is 0 Å². The Balaban J connectivity index is 1.68. The Hall–Kier alpha value is -1.25. The zero-order valence-electron chi connectivity index (χ0n) is 12.7. The van der Waals surface area contributed by atoms with E-state index >= 15 is 0 Å². The molecule has 3 rings (SSSR count). The molecule has 1 heterocycles. The van der Waals surface area contributed by atoms with Crippen LogP contribution in [0.5, 0.6) is 5.75 Å². The summed E-state index contributed by atoms with van der Waals surface area (Å²) in [7, 11) is 1.73. The third-order valence-electron chi connectivity index (χ3n) is 5.19. The van der Waals surface area contributed by atoms with Gasteiger partial charge in [-0.2, -0.15) is 0 Å². The van der Waals surface area contributed by atoms with E-state index in [1.165, 1.54) is 44.9 Å². The summed E-state index contributed by atoms with van der Waals surface area (Å²) < 4.78 is 5.50. The minimum absolute atomic E-state index is 0.602. The van der Waals surface area contributed by atoms with Crippen LogP contribution in [0.15, 0.2) is 12.3 Å². The van der Waals surface area contributed by atoms with Crippen molar-refractivity contribution in [2.75, 3.05) is 12.4 Å². The maximum Gasteiger partial charge on any atom is 0.163 e. The molecule has 2 fully saturated rings. The van der Waals surface area contributed by atoms with Crippen LogP contribution < -0.4 is 10.1 Å². The van der Waals surface area contributed by atoms with Gasteiger partial charge in [-0.1, -0.05) is 25.7 Å². The third kappa shape index (κ3) is 2.77. The number of fused-ring (bicyclic) bond motifs is 1. The van der Waals surface area contributed by atoms with Crippen LogP contribution >= 0.6 is 0 Å². The van der Waals surface area contributed by atoms with Crippen molar-refractivity contribution in [1.29, 1.82) is 0 Å². The van der Waals surface area contributed by atoms with E-state index in [4.69, 9.17) is 4.74 Å². The molecule has 3 atom stereocenters. The largest absolute Gasteiger partial charge is 0.493 e. The lowest BCUT2D eigenvalue weighted by atomic mass is 9.69. The topological polar surface area (TPSA) is 34.1 Å². The Kier molecular flexibility index (Phi) is 4.13. The quantitative estimate of drug-likeness (QED) is 0.898. The van der Waals surface area contributed by atoms with Crippen molar-refractivity contribution in [3.05, 3.63) is 18.0 Å². The SMILES string of the molecule is COc1c(N[C@@H]2CC[C@H]3CCCCC3C2)ccnc1C. The Morgan fingerprint density at radius 3 is 2.75 bits per heavy atom. The molecule has 2 aliphatic carbocycles. The van der Waals surface area contributed by atoms with Gasteiger partial charge in [0.1, 0.15) is 0 Å². The number of nitrogens with zero attached hydrogens (tertiary/aromatic N) is 1. The van der Waals surface area contributed by atoms with E-state index in [9.17, 15) is 0 Å². The number of rotatable bonds is 3. The smallest absolute Gasteiger partial charge is 0.163 e. The molecule has 0 saturated heterocycles. The number of nitrogens with one attached hydrogen (secondary N) is 1. The van der Waals surface area contributed by atoms with Gasteiger partial charge in [-0.05, 0) is 44.1 Å². The van der Waals surface area contributed by atoms with Gasteiger partial charge in [0, 0.05) is 12.2 Å². The molecular weight excluding hydrogens is 248 g/mol. The van der Waals surface area contributed by atoms with Crippen LogP contribution in [0.1, 0.15) is 50.6 Å². The van der Waals surface area contributed by atoms with Crippen LogP contribution in [0.25, 0.3) is 0 Å². The second kappa shape index (κ2) is 6.02. The molecule has 0 radical (unpaired) electrons. The molecule has 1 aromatic rings. The van der Waals surface area contributed by atoms with Gasteiger partial charge in [0.2, 0.25) is 0 Å². The van der Waals surface area contributed by atoms with Gasteiger partial charge >= 0.3 is 0 Å². The summed E-state index contributed by atoms with van der Waals surface area (Å²) in [6, 6.07) is 2.64. The highest BCUT2D eigenvalue weighted by molar-refractivity contribution is 5.58. The first kappa shape index (κ1) is 13.7. The predicted octanol–water partition coefficient (Wildman–Crippen LogP) is 4.17.